The van der Waals surface area contributed by atoms with E-state index in [1.54, 1.807) is 43.3 Å². The summed E-state index contributed by atoms with van der Waals surface area (Å²) in [7, 11) is 0. The molecule has 0 saturated carbocycles. The lowest BCUT2D eigenvalue weighted by Gasteiger charge is -2.11. The number of para-hydroxylation sites is 1. The normalized spacial score (nSPS) is 11.8. The SMILES string of the molecule is CCOc1ccc(C(=O)CSc2nnc([C@H](C)Oc3ccccc3F)o2)cc1. The Bertz CT molecular complexity index is 930. The molecule has 0 spiro atoms. The zero-order valence-corrected chi connectivity index (χ0v) is 16.2. The number of hydrogen-bond acceptors (Lipinski definition) is 7. The van der Waals surface area contributed by atoms with Crippen LogP contribution in [0.5, 0.6) is 11.5 Å². The van der Waals surface area contributed by atoms with Crippen molar-refractivity contribution in [2.24, 2.45) is 0 Å². The van der Waals surface area contributed by atoms with E-state index in [4.69, 9.17) is 13.9 Å². The number of ketones is 1. The standard InChI is InChI=1S/C20H19FN2O4S/c1-3-25-15-10-8-14(9-11-15)17(24)12-28-20-23-22-19(27-20)13(2)26-18-7-5-4-6-16(18)21/h4-11,13H,3,12H2,1-2H3/t13-/m0/s1. The van der Waals surface area contributed by atoms with Gasteiger partial charge in [0.1, 0.15) is 5.75 Å². The van der Waals surface area contributed by atoms with Crippen molar-refractivity contribution >= 4 is 17.5 Å². The molecule has 0 aliphatic heterocycles. The summed E-state index contributed by atoms with van der Waals surface area (Å²) in [6, 6.07) is 13.0. The van der Waals surface area contributed by atoms with Gasteiger partial charge in [-0.15, -0.1) is 10.2 Å². The van der Waals surface area contributed by atoms with Gasteiger partial charge in [-0.05, 0) is 50.2 Å². The third kappa shape index (κ3) is 5.10. The average Bonchev–Trinajstić information content (AvgIpc) is 3.18. The number of ether oxygens (including phenoxy) is 2. The lowest BCUT2D eigenvalue weighted by molar-refractivity contribution is 0.102. The zero-order chi connectivity index (χ0) is 19.9. The fourth-order valence-corrected chi connectivity index (χ4v) is 3.00. The molecule has 0 aliphatic rings. The Balaban J connectivity index is 1.55. The fourth-order valence-electron chi connectivity index (χ4n) is 2.34. The van der Waals surface area contributed by atoms with Crippen molar-refractivity contribution in [1.29, 1.82) is 0 Å². The maximum atomic E-state index is 13.7. The van der Waals surface area contributed by atoms with Crippen LogP contribution in [0.2, 0.25) is 0 Å². The van der Waals surface area contributed by atoms with Gasteiger partial charge in [-0.3, -0.25) is 4.79 Å². The number of halogens is 1. The van der Waals surface area contributed by atoms with Crippen LogP contribution in [0.3, 0.4) is 0 Å². The summed E-state index contributed by atoms with van der Waals surface area (Å²) in [6.07, 6.45) is -0.624. The predicted octanol–water partition coefficient (Wildman–Crippen LogP) is 4.72. The van der Waals surface area contributed by atoms with Gasteiger partial charge < -0.3 is 13.9 Å². The second-order valence-corrected chi connectivity index (χ2v) is 6.69. The van der Waals surface area contributed by atoms with Crippen LogP contribution in [0, 0.1) is 5.82 Å². The van der Waals surface area contributed by atoms with Crippen molar-refractivity contribution in [1.82, 2.24) is 10.2 Å². The van der Waals surface area contributed by atoms with Gasteiger partial charge in [-0.25, -0.2) is 4.39 Å². The third-order valence-electron chi connectivity index (χ3n) is 3.72. The highest BCUT2D eigenvalue weighted by Gasteiger charge is 2.18. The molecular formula is C20H19FN2O4S. The van der Waals surface area contributed by atoms with E-state index in [9.17, 15) is 9.18 Å². The first-order chi connectivity index (χ1) is 13.6. The largest absolute Gasteiger partial charge is 0.494 e. The minimum absolute atomic E-state index is 0.0662. The van der Waals surface area contributed by atoms with Crippen LogP contribution < -0.4 is 9.47 Å². The van der Waals surface area contributed by atoms with E-state index in [0.717, 1.165) is 17.5 Å². The van der Waals surface area contributed by atoms with Crippen LogP contribution in [0.1, 0.15) is 36.2 Å². The number of nitrogens with zero attached hydrogens (tertiary/aromatic N) is 2. The van der Waals surface area contributed by atoms with Crippen molar-refractivity contribution in [3.8, 4) is 11.5 Å². The fraction of sp³-hybridized carbons (Fsp3) is 0.250. The summed E-state index contributed by atoms with van der Waals surface area (Å²) in [5.41, 5.74) is 0.576. The first kappa shape index (κ1) is 19.9. The van der Waals surface area contributed by atoms with Gasteiger partial charge >= 0.3 is 0 Å². The summed E-state index contributed by atoms with van der Waals surface area (Å²) in [5.74, 6) is 0.648. The second kappa shape index (κ2) is 9.36. The average molecular weight is 402 g/mol. The van der Waals surface area contributed by atoms with Crippen molar-refractivity contribution in [3.05, 3.63) is 65.8 Å². The van der Waals surface area contributed by atoms with Gasteiger partial charge in [-0.1, -0.05) is 23.9 Å². The molecule has 0 amide bonds. The molecule has 6 nitrogen and oxygen atoms in total. The van der Waals surface area contributed by atoms with Gasteiger partial charge in [0.25, 0.3) is 11.1 Å². The zero-order valence-electron chi connectivity index (χ0n) is 15.4. The molecule has 1 heterocycles. The van der Waals surface area contributed by atoms with Crippen molar-refractivity contribution in [3.63, 3.8) is 0 Å². The molecule has 8 heteroatoms. The number of carbonyl (C=O) groups is 1. The van der Waals surface area contributed by atoms with Crippen molar-refractivity contribution in [2.45, 2.75) is 25.2 Å². The number of thioether (sulfide) groups is 1. The summed E-state index contributed by atoms with van der Waals surface area (Å²) >= 11 is 1.13. The highest BCUT2D eigenvalue weighted by atomic mass is 32.2. The number of benzene rings is 2. The summed E-state index contributed by atoms with van der Waals surface area (Å²) in [4.78, 5) is 12.3. The molecule has 0 saturated heterocycles. The number of rotatable bonds is 9. The number of Topliss-reactive ketones (excluding diaryl/α,β-unsaturated/α-hetero) is 1. The van der Waals surface area contributed by atoms with Crippen molar-refractivity contribution in [2.75, 3.05) is 12.4 Å². The van der Waals surface area contributed by atoms with Gasteiger partial charge in [-0.2, -0.15) is 0 Å². The second-order valence-electron chi connectivity index (χ2n) is 5.77. The molecule has 1 aromatic heterocycles. The monoisotopic (exact) mass is 402 g/mol. The minimum atomic E-state index is -0.624. The Hall–Kier alpha value is -2.87. The van der Waals surface area contributed by atoms with E-state index in [2.05, 4.69) is 10.2 Å². The summed E-state index contributed by atoms with van der Waals surface area (Å²) in [5, 5.41) is 8.07. The van der Waals surface area contributed by atoms with E-state index in [1.165, 1.54) is 12.1 Å². The Morgan fingerprint density at radius 2 is 1.93 bits per heavy atom. The van der Waals surface area contributed by atoms with Crippen LogP contribution in [-0.4, -0.2) is 28.3 Å². The molecule has 28 heavy (non-hydrogen) atoms. The van der Waals surface area contributed by atoms with Crippen LogP contribution >= 0.6 is 11.8 Å². The molecule has 1 atom stereocenters. The van der Waals surface area contributed by atoms with Crippen molar-refractivity contribution < 1.29 is 23.1 Å². The molecular weight excluding hydrogens is 383 g/mol. The Morgan fingerprint density at radius 1 is 1.18 bits per heavy atom. The van der Waals surface area contributed by atoms with Gasteiger partial charge in [0.15, 0.2) is 23.5 Å². The molecule has 146 valence electrons. The van der Waals surface area contributed by atoms with Crippen LogP contribution in [-0.2, 0) is 0 Å². The molecule has 3 aromatic rings. The quantitative estimate of drug-likeness (QED) is 0.379. The van der Waals surface area contributed by atoms with E-state index < -0.39 is 11.9 Å². The van der Waals surface area contributed by atoms with E-state index in [0.29, 0.717) is 12.2 Å². The van der Waals surface area contributed by atoms with Gasteiger partial charge in [0, 0.05) is 5.56 Å². The molecule has 0 bridgehead atoms. The number of hydrogen-bond donors (Lipinski definition) is 0. The molecule has 0 N–H and O–H groups in total. The maximum absolute atomic E-state index is 13.7. The van der Waals surface area contributed by atoms with Crippen LogP contribution in [0.15, 0.2) is 58.2 Å². The van der Waals surface area contributed by atoms with Gasteiger partial charge in [0.05, 0.1) is 12.4 Å². The minimum Gasteiger partial charge on any atom is -0.494 e. The molecule has 2 aromatic carbocycles. The summed E-state index contributed by atoms with van der Waals surface area (Å²) in [6.45, 7) is 4.15. The van der Waals surface area contributed by atoms with Gasteiger partial charge in [0.2, 0.25) is 0 Å². The topological polar surface area (TPSA) is 74.5 Å². The highest BCUT2D eigenvalue weighted by Crippen LogP contribution is 2.26. The molecule has 0 unspecified atom stereocenters. The first-order valence-corrected chi connectivity index (χ1v) is 9.68. The van der Waals surface area contributed by atoms with E-state index in [1.807, 2.05) is 6.92 Å². The Kier molecular flexibility index (Phi) is 6.65. The Labute approximate surface area is 166 Å². The molecule has 0 fully saturated rings. The Morgan fingerprint density at radius 3 is 2.64 bits per heavy atom. The third-order valence-corrected chi connectivity index (χ3v) is 4.54. The number of aromatic nitrogens is 2. The van der Waals surface area contributed by atoms with Crippen LogP contribution in [0.4, 0.5) is 4.39 Å². The summed E-state index contributed by atoms with van der Waals surface area (Å²) < 4.78 is 30.1. The van der Waals surface area contributed by atoms with E-state index >= 15 is 0 Å². The molecule has 3 rings (SSSR count). The maximum Gasteiger partial charge on any atom is 0.277 e. The first-order valence-electron chi connectivity index (χ1n) is 8.70. The lowest BCUT2D eigenvalue weighted by atomic mass is 10.1. The number of carbonyl (C=O) groups excluding carboxylic acids is 1. The predicted molar refractivity (Wildman–Crippen MR) is 102 cm³/mol. The molecule has 0 aliphatic carbocycles. The van der Waals surface area contributed by atoms with E-state index in [-0.39, 0.29) is 28.4 Å². The molecule has 0 radical (unpaired) electrons. The smallest absolute Gasteiger partial charge is 0.277 e. The lowest BCUT2D eigenvalue weighted by Crippen LogP contribution is -2.04. The van der Waals surface area contributed by atoms with Crippen LogP contribution in [0.25, 0.3) is 0 Å². The highest BCUT2D eigenvalue weighted by molar-refractivity contribution is 7.99.